The lowest BCUT2D eigenvalue weighted by molar-refractivity contribution is 0.0829. The highest BCUT2D eigenvalue weighted by Gasteiger charge is 2.25. The third-order valence-electron chi connectivity index (χ3n) is 5.63. The zero-order valence-corrected chi connectivity index (χ0v) is 17.1. The first-order valence-electron chi connectivity index (χ1n) is 9.83. The van der Waals surface area contributed by atoms with E-state index in [9.17, 15) is 13.6 Å². The molecule has 0 radical (unpaired) electrons. The van der Waals surface area contributed by atoms with Gasteiger partial charge in [0.1, 0.15) is 0 Å². The lowest BCUT2D eigenvalue weighted by Crippen LogP contribution is -2.21. The summed E-state index contributed by atoms with van der Waals surface area (Å²) in [6.07, 6.45) is 0.0745. The van der Waals surface area contributed by atoms with Crippen LogP contribution in [0.3, 0.4) is 0 Å². The second-order valence-corrected chi connectivity index (χ2v) is 8.10. The molecule has 0 fully saturated rings. The van der Waals surface area contributed by atoms with Gasteiger partial charge in [0.15, 0.2) is 0 Å². The van der Waals surface area contributed by atoms with Crippen molar-refractivity contribution in [1.82, 2.24) is 9.88 Å². The molecule has 0 atom stereocenters. The maximum Gasteiger partial charge on any atom is 0.263 e. The Morgan fingerprint density at radius 2 is 1.93 bits per heavy atom. The SMILES string of the molecule is CC(C)c1cc(N2CCc3ccc(C(F)F)cc32)cc2c(C(=O)N(C)C)c[nH]c12. The first-order chi connectivity index (χ1) is 13.8. The van der Waals surface area contributed by atoms with Gasteiger partial charge in [0.05, 0.1) is 5.56 Å². The number of nitrogens with zero attached hydrogens (tertiary/aromatic N) is 2. The summed E-state index contributed by atoms with van der Waals surface area (Å²) in [6.45, 7) is 4.95. The molecule has 0 bridgehead atoms. The molecule has 4 rings (SSSR count). The molecule has 1 amide bonds. The number of H-pyrrole nitrogens is 1. The molecule has 0 saturated heterocycles. The van der Waals surface area contributed by atoms with Crippen LogP contribution in [0.2, 0.25) is 0 Å². The largest absolute Gasteiger partial charge is 0.360 e. The molecule has 1 aliphatic rings. The van der Waals surface area contributed by atoms with Crippen LogP contribution in [0.5, 0.6) is 0 Å². The molecule has 1 aromatic heterocycles. The number of carbonyl (C=O) groups is 1. The summed E-state index contributed by atoms with van der Waals surface area (Å²) in [6, 6.07) is 9.01. The molecule has 2 heterocycles. The molecule has 6 heteroatoms. The summed E-state index contributed by atoms with van der Waals surface area (Å²) < 4.78 is 26.5. The highest BCUT2D eigenvalue weighted by molar-refractivity contribution is 6.08. The van der Waals surface area contributed by atoms with E-state index in [1.54, 1.807) is 37.3 Å². The first-order valence-corrected chi connectivity index (χ1v) is 9.83. The summed E-state index contributed by atoms with van der Waals surface area (Å²) in [5.74, 6) is 0.179. The van der Waals surface area contributed by atoms with Crippen molar-refractivity contribution in [2.75, 3.05) is 25.5 Å². The van der Waals surface area contributed by atoms with E-state index in [-0.39, 0.29) is 17.4 Å². The van der Waals surface area contributed by atoms with E-state index < -0.39 is 6.43 Å². The average molecular weight is 397 g/mol. The Balaban J connectivity index is 1.89. The summed E-state index contributed by atoms with van der Waals surface area (Å²) in [5.41, 5.74) is 5.54. The van der Waals surface area contributed by atoms with Crippen LogP contribution >= 0.6 is 0 Å². The molecule has 1 N–H and O–H groups in total. The van der Waals surface area contributed by atoms with Gasteiger partial charge in [-0.25, -0.2) is 8.78 Å². The van der Waals surface area contributed by atoms with E-state index in [1.165, 1.54) is 6.07 Å². The number of benzene rings is 2. The number of rotatable bonds is 4. The van der Waals surface area contributed by atoms with Gasteiger partial charge < -0.3 is 14.8 Å². The van der Waals surface area contributed by atoms with Crippen LogP contribution in [0.15, 0.2) is 36.5 Å². The molecule has 0 unspecified atom stereocenters. The van der Waals surface area contributed by atoms with Gasteiger partial charge in [-0.2, -0.15) is 0 Å². The Kier molecular flexibility index (Phi) is 4.81. The second kappa shape index (κ2) is 7.17. The smallest absolute Gasteiger partial charge is 0.263 e. The van der Waals surface area contributed by atoms with Gasteiger partial charge in [-0.3, -0.25) is 4.79 Å². The van der Waals surface area contributed by atoms with Gasteiger partial charge in [0, 0.05) is 54.7 Å². The quantitative estimate of drug-likeness (QED) is 0.620. The Bertz CT molecular complexity index is 1090. The number of alkyl halides is 2. The Morgan fingerprint density at radius 1 is 1.17 bits per heavy atom. The number of carbonyl (C=O) groups excluding carboxylic acids is 1. The lowest BCUT2D eigenvalue weighted by atomic mass is 9.98. The minimum absolute atomic E-state index is 0.0333. The van der Waals surface area contributed by atoms with E-state index in [1.807, 2.05) is 6.07 Å². The van der Waals surface area contributed by atoms with E-state index >= 15 is 0 Å². The van der Waals surface area contributed by atoms with Crippen molar-refractivity contribution in [3.8, 4) is 0 Å². The molecule has 0 spiro atoms. The summed E-state index contributed by atoms with van der Waals surface area (Å²) >= 11 is 0. The first kappa shape index (κ1) is 19.4. The van der Waals surface area contributed by atoms with Crippen molar-refractivity contribution in [1.29, 1.82) is 0 Å². The van der Waals surface area contributed by atoms with Crippen LogP contribution in [-0.4, -0.2) is 36.4 Å². The molecule has 1 aliphatic heterocycles. The standard InChI is InChI=1S/C23H25F2N3O/c1-13(2)17-10-16(11-18-19(12-26-21(17)18)23(29)27(3)4)28-8-7-14-5-6-15(22(24)25)9-20(14)28/h5-6,9-13,22,26H,7-8H2,1-4H3. The number of hydrogen-bond acceptors (Lipinski definition) is 2. The number of hydrogen-bond donors (Lipinski definition) is 1. The average Bonchev–Trinajstić information content (AvgIpc) is 3.29. The summed E-state index contributed by atoms with van der Waals surface area (Å²) in [7, 11) is 3.47. The van der Waals surface area contributed by atoms with Crippen molar-refractivity contribution in [3.63, 3.8) is 0 Å². The van der Waals surface area contributed by atoms with Crippen molar-refractivity contribution in [2.45, 2.75) is 32.6 Å². The van der Waals surface area contributed by atoms with Gasteiger partial charge >= 0.3 is 0 Å². The Labute approximate surface area is 169 Å². The van der Waals surface area contributed by atoms with Gasteiger partial charge in [0.25, 0.3) is 12.3 Å². The van der Waals surface area contributed by atoms with Crippen molar-refractivity contribution in [3.05, 3.63) is 58.8 Å². The fourth-order valence-corrected chi connectivity index (χ4v) is 4.07. The van der Waals surface area contributed by atoms with Crippen LogP contribution in [0.4, 0.5) is 20.2 Å². The predicted octanol–water partition coefficient (Wildman–Crippen LogP) is 5.62. The molecule has 2 aromatic carbocycles. The van der Waals surface area contributed by atoms with Crippen LogP contribution in [0, 0.1) is 0 Å². The third-order valence-corrected chi connectivity index (χ3v) is 5.63. The molecule has 4 nitrogen and oxygen atoms in total. The number of nitrogens with one attached hydrogen (secondary N) is 1. The van der Waals surface area contributed by atoms with Crippen LogP contribution in [0.1, 0.15) is 53.2 Å². The maximum absolute atomic E-state index is 13.3. The number of anilines is 2. The fraction of sp³-hybridized carbons (Fsp3) is 0.348. The topological polar surface area (TPSA) is 39.3 Å². The Hall–Kier alpha value is -2.89. The van der Waals surface area contributed by atoms with Gasteiger partial charge in [0.2, 0.25) is 0 Å². The number of aromatic amines is 1. The lowest BCUT2D eigenvalue weighted by Gasteiger charge is -2.23. The van der Waals surface area contributed by atoms with E-state index in [0.717, 1.165) is 46.4 Å². The molecular weight excluding hydrogens is 372 g/mol. The fourth-order valence-electron chi connectivity index (χ4n) is 4.07. The normalized spacial score (nSPS) is 13.6. The number of halogens is 2. The van der Waals surface area contributed by atoms with Crippen molar-refractivity contribution < 1.29 is 13.6 Å². The van der Waals surface area contributed by atoms with E-state index in [4.69, 9.17) is 0 Å². The summed E-state index contributed by atoms with van der Waals surface area (Å²) in [5, 5.41) is 0.864. The second-order valence-electron chi connectivity index (χ2n) is 8.10. The predicted molar refractivity (Wildman–Crippen MR) is 113 cm³/mol. The monoisotopic (exact) mass is 397 g/mol. The third kappa shape index (κ3) is 3.26. The van der Waals surface area contributed by atoms with Crippen LogP contribution in [0.25, 0.3) is 10.9 Å². The van der Waals surface area contributed by atoms with Crippen LogP contribution in [-0.2, 0) is 6.42 Å². The highest BCUT2D eigenvalue weighted by atomic mass is 19.3. The zero-order chi connectivity index (χ0) is 20.9. The number of fused-ring (bicyclic) bond motifs is 2. The molecule has 3 aromatic rings. The number of aromatic nitrogens is 1. The van der Waals surface area contributed by atoms with Gasteiger partial charge in [-0.15, -0.1) is 0 Å². The Morgan fingerprint density at radius 3 is 2.59 bits per heavy atom. The molecule has 29 heavy (non-hydrogen) atoms. The highest BCUT2D eigenvalue weighted by Crippen LogP contribution is 2.40. The van der Waals surface area contributed by atoms with Crippen molar-refractivity contribution in [2.24, 2.45) is 0 Å². The van der Waals surface area contributed by atoms with Gasteiger partial charge in [-0.1, -0.05) is 26.0 Å². The molecule has 0 aliphatic carbocycles. The summed E-state index contributed by atoms with van der Waals surface area (Å²) in [4.78, 5) is 19.6. The minimum atomic E-state index is -2.49. The zero-order valence-electron chi connectivity index (χ0n) is 17.1. The number of amides is 1. The molecular formula is C23H25F2N3O. The van der Waals surface area contributed by atoms with Gasteiger partial charge in [-0.05, 0) is 41.7 Å². The molecule has 0 saturated carbocycles. The van der Waals surface area contributed by atoms with E-state index in [2.05, 4.69) is 29.8 Å². The maximum atomic E-state index is 13.3. The van der Waals surface area contributed by atoms with E-state index in [0.29, 0.717) is 5.56 Å². The molecule has 152 valence electrons. The van der Waals surface area contributed by atoms with Crippen LogP contribution < -0.4 is 4.90 Å². The van der Waals surface area contributed by atoms with Crippen molar-refractivity contribution >= 4 is 28.2 Å². The minimum Gasteiger partial charge on any atom is -0.360 e.